The van der Waals surface area contributed by atoms with Crippen LogP contribution in [0.3, 0.4) is 0 Å². The summed E-state index contributed by atoms with van der Waals surface area (Å²) in [5.74, 6) is -0.293. The number of methoxy groups -OCH3 is 1. The Morgan fingerprint density at radius 3 is 2.82 bits per heavy atom. The van der Waals surface area contributed by atoms with Gasteiger partial charge in [-0.1, -0.05) is 0 Å². The van der Waals surface area contributed by atoms with Gasteiger partial charge in [0.05, 0.1) is 13.2 Å². The molecule has 0 aromatic rings. The molecule has 0 radical (unpaired) electrons. The van der Waals surface area contributed by atoms with Gasteiger partial charge in [0, 0.05) is 25.7 Å². The van der Waals surface area contributed by atoms with Gasteiger partial charge in [-0.3, -0.25) is 4.79 Å². The molecule has 2 aliphatic heterocycles. The third-order valence-electron chi connectivity index (χ3n) is 3.46. The Morgan fingerprint density at radius 1 is 1.53 bits per heavy atom. The Labute approximate surface area is 101 Å². The molecule has 2 unspecified atom stereocenters. The van der Waals surface area contributed by atoms with Crippen LogP contribution in [0.2, 0.25) is 0 Å². The van der Waals surface area contributed by atoms with Gasteiger partial charge in [-0.25, -0.2) is 4.79 Å². The molecule has 6 nitrogen and oxygen atoms in total. The molecule has 0 bridgehead atoms. The van der Waals surface area contributed by atoms with Gasteiger partial charge >= 0.3 is 12.0 Å². The molecule has 2 amide bonds. The largest absolute Gasteiger partial charge is 0.468 e. The smallest absolute Gasteiger partial charge is 0.325 e. The minimum absolute atomic E-state index is 0.0282. The number of carbonyl (C=O) groups is 2. The van der Waals surface area contributed by atoms with E-state index in [2.05, 4.69) is 5.32 Å². The molecule has 2 aliphatic rings. The van der Waals surface area contributed by atoms with Crippen molar-refractivity contribution in [1.82, 2.24) is 15.1 Å². The second kappa shape index (κ2) is 4.52. The number of nitrogens with zero attached hydrogens (tertiary/aromatic N) is 2. The van der Waals surface area contributed by atoms with Crippen LogP contribution in [0.1, 0.15) is 13.8 Å². The zero-order valence-electron chi connectivity index (χ0n) is 10.5. The molecule has 0 spiro atoms. The molecule has 0 aromatic heterocycles. The lowest BCUT2D eigenvalue weighted by atomic mass is 10.1. The summed E-state index contributed by atoms with van der Waals surface area (Å²) < 4.78 is 4.77. The van der Waals surface area contributed by atoms with Crippen molar-refractivity contribution < 1.29 is 14.3 Å². The first-order valence-corrected chi connectivity index (χ1v) is 5.94. The van der Waals surface area contributed by atoms with Gasteiger partial charge in [-0.2, -0.15) is 0 Å². The van der Waals surface area contributed by atoms with Crippen molar-refractivity contribution in [2.24, 2.45) is 0 Å². The van der Waals surface area contributed by atoms with Crippen molar-refractivity contribution in [3.8, 4) is 0 Å². The minimum atomic E-state index is -0.401. The van der Waals surface area contributed by atoms with Crippen molar-refractivity contribution in [2.75, 3.05) is 26.7 Å². The fourth-order valence-corrected chi connectivity index (χ4v) is 2.51. The number of piperazine rings is 1. The van der Waals surface area contributed by atoms with Crippen molar-refractivity contribution in [3.63, 3.8) is 0 Å². The highest BCUT2D eigenvalue weighted by Crippen LogP contribution is 2.23. The Bertz CT molecular complexity index is 332. The van der Waals surface area contributed by atoms with E-state index in [1.807, 2.05) is 13.8 Å². The van der Waals surface area contributed by atoms with E-state index in [0.29, 0.717) is 19.6 Å². The summed E-state index contributed by atoms with van der Waals surface area (Å²) in [5.41, 5.74) is 0. The molecule has 2 saturated heterocycles. The summed E-state index contributed by atoms with van der Waals surface area (Å²) in [6.45, 7) is 5.84. The van der Waals surface area contributed by atoms with Crippen LogP contribution in [0.25, 0.3) is 0 Å². The highest BCUT2D eigenvalue weighted by molar-refractivity contribution is 5.82. The van der Waals surface area contributed by atoms with Crippen LogP contribution in [-0.4, -0.2) is 66.7 Å². The number of esters is 1. The van der Waals surface area contributed by atoms with Crippen molar-refractivity contribution in [2.45, 2.75) is 32.0 Å². The fourth-order valence-electron chi connectivity index (χ4n) is 2.51. The van der Waals surface area contributed by atoms with Gasteiger partial charge in [0.1, 0.15) is 6.04 Å². The topological polar surface area (TPSA) is 61.9 Å². The predicted molar refractivity (Wildman–Crippen MR) is 61.5 cm³/mol. The number of rotatable bonds is 2. The molecule has 17 heavy (non-hydrogen) atoms. The van der Waals surface area contributed by atoms with Gasteiger partial charge < -0.3 is 19.9 Å². The average molecular weight is 241 g/mol. The van der Waals surface area contributed by atoms with E-state index in [-0.39, 0.29) is 24.1 Å². The molecular weight excluding hydrogens is 222 g/mol. The average Bonchev–Trinajstić information content (AvgIpc) is 2.66. The molecule has 2 heterocycles. The van der Waals surface area contributed by atoms with Crippen molar-refractivity contribution in [1.29, 1.82) is 0 Å². The zero-order valence-corrected chi connectivity index (χ0v) is 10.5. The standard InChI is InChI=1S/C11H19N3O3/c1-7(2)14-6-8-9(10(15)17-3)12-4-5-13(8)11(14)16/h7-9,12H,4-6H2,1-3H3. The van der Waals surface area contributed by atoms with Crippen molar-refractivity contribution in [3.05, 3.63) is 0 Å². The van der Waals surface area contributed by atoms with Gasteiger partial charge in [0.2, 0.25) is 0 Å². The summed E-state index contributed by atoms with van der Waals surface area (Å²) in [7, 11) is 1.37. The molecule has 96 valence electrons. The van der Waals surface area contributed by atoms with E-state index in [4.69, 9.17) is 4.74 Å². The Morgan fingerprint density at radius 2 is 2.24 bits per heavy atom. The van der Waals surface area contributed by atoms with Crippen LogP contribution in [0, 0.1) is 0 Å². The summed E-state index contributed by atoms with van der Waals surface area (Å²) in [6.07, 6.45) is 0. The first-order chi connectivity index (χ1) is 8.06. The highest BCUT2D eigenvalue weighted by atomic mass is 16.5. The van der Waals surface area contributed by atoms with E-state index < -0.39 is 6.04 Å². The third-order valence-corrected chi connectivity index (χ3v) is 3.46. The zero-order chi connectivity index (χ0) is 12.6. The lowest BCUT2D eigenvalue weighted by molar-refractivity contribution is -0.145. The molecule has 6 heteroatoms. The van der Waals surface area contributed by atoms with E-state index in [9.17, 15) is 9.59 Å². The van der Waals surface area contributed by atoms with Crippen molar-refractivity contribution >= 4 is 12.0 Å². The second-order valence-electron chi connectivity index (χ2n) is 4.74. The lowest BCUT2D eigenvalue weighted by Gasteiger charge is -2.34. The number of urea groups is 1. The van der Waals surface area contributed by atoms with Crippen LogP contribution in [0.5, 0.6) is 0 Å². The Kier molecular flexibility index (Phi) is 3.24. The number of nitrogens with one attached hydrogen (secondary N) is 1. The Hall–Kier alpha value is -1.30. The highest BCUT2D eigenvalue weighted by Gasteiger charge is 2.46. The summed E-state index contributed by atoms with van der Waals surface area (Å²) in [6, 6.07) is -0.320. The first kappa shape index (κ1) is 12.2. The van der Waals surface area contributed by atoms with E-state index >= 15 is 0 Å². The molecular formula is C11H19N3O3. The van der Waals surface area contributed by atoms with Gasteiger partial charge in [-0.15, -0.1) is 0 Å². The molecule has 2 atom stereocenters. The number of amides is 2. The third kappa shape index (κ3) is 1.97. The molecule has 2 fully saturated rings. The predicted octanol–water partition coefficient (Wildman–Crippen LogP) is -0.354. The van der Waals surface area contributed by atoms with E-state index in [1.165, 1.54) is 7.11 Å². The molecule has 0 aliphatic carbocycles. The summed E-state index contributed by atoms with van der Waals surface area (Å²) >= 11 is 0. The normalized spacial score (nSPS) is 28.6. The number of carbonyl (C=O) groups excluding carboxylic acids is 2. The molecule has 0 saturated carbocycles. The SMILES string of the molecule is COC(=O)C1NCCN2C(=O)N(C(C)C)CC12. The number of hydrogen-bond acceptors (Lipinski definition) is 4. The number of hydrogen-bond donors (Lipinski definition) is 1. The summed E-state index contributed by atoms with van der Waals surface area (Å²) in [5, 5.41) is 3.13. The minimum Gasteiger partial charge on any atom is -0.468 e. The van der Waals surface area contributed by atoms with Crippen LogP contribution in [-0.2, 0) is 9.53 Å². The lowest BCUT2D eigenvalue weighted by Crippen LogP contribution is -2.60. The fraction of sp³-hybridized carbons (Fsp3) is 0.818. The maximum atomic E-state index is 12.1. The molecule has 1 N–H and O–H groups in total. The quantitative estimate of drug-likeness (QED) is 0.671. The van der Waals surface area contributed by atoms with E-state index in [0.717, 1.165) is 0 Å². The van der Waals surface area contributed by atoms with Gasteiger partial charge in [-0.05, 0) is 13.8 Å². The number of ether oxygens (including phenoxy) is 1. The maximum absolute atomic E-state index is 12.1. The molecule has 2 rings (SSSR count). The van der Waals surface area contributed by atoms with Crippen LogP contribution in [0.4, 0.5) is 4.79 Å². The number of fused-ring (bicyclic) bond motifs is 1. The maximum Gasteiger partial charge on any atom is 0.325 e. The monoisotopic (exact) mass is 241 g/mol. The van der Waals surface area contributed by atoms with E-state index in [1.54, 1.807) is 9.80 Å². The van der Waals surface area contributed by atoms with Gasteiger partial charge in [0.25, 0.3) is 0 Å². The van der Waals surface area contributed by atoms with Crippen LogP contribution < -0.4 is 5.32 Å². The van der Waals surface area contributed by atoms with Crippen LogP contribution >= 0.6 is 0 Å². The first-order valence-electron chi connectivity index (χ1n) is 5.94. The molecule has 0 aromatic carbocycles. The van der Waals surface area contributed by atoms with Gasteiger partial charge in [0.15, 0.2) is 0 Å². The summed E-state index contributed by atoms with van der Waals surface area (Å²) in [4.78, 5) is 27.3. The second-order valence-corrected chi connectivity index (χ2v) is 4.74. The Balaban J connectivity index is 2.17. The van der Waals surface area contributed by atoms with Crippen LogP contribution in [0.15, 0.2) is 0 Å².